The van der Waals surface area contributed by atoms with Crippen LogP contribution in [0.4, 0.5) is 5.69 Å². The number of anilines is 1. The van der Waals surface area contributed by atoms with Crippen LogP contribution in [0.25, 0.3) is 16.5 Å². The molecular weight excluding hydrogens is 328 g/mol. The van der Waals surface area contributed by atoms with Crippen molar-refractivity contribution in [2.75, 3.05) is 11.9 Å². The van der Waals surface area contributed by atoms with E-state index in [9.17, 15) is 4.79 Å². The molecule has 0 fully saturated rings. The summed E-state index contributed by atoms with van der Waals surface area (Å²) in [5.41, 5.74) is 1.38. The minimum Gasteiger partial charge on any atom is -0.484 e. The second-order valence-electron chi connectivity index (χ2n) is 5.70. The van der Waals surface area contributed by atoms with Crippen molar-refractivity contribution in [2.45, 2.75) is 0 Å². The number of nitrogens with zero attached hydrogens (tertiary/aromatic N) is 3. The highest BCUT2D eigenvalue weighted by Gasteiger charge is 2.09. The number of carbonyl (C=O) groups excluding carboxylic acids is 1. The van der Waals surface area contributed by atoms with Crippen LogP contribution in [0.5, 0.6) is 5.75 Å². The van der Waals surface area contributed by atoms with E-state index in [0.717, 1.165) is 16.5 Å². The molecule has 1 aromatic heterocycles. The molecule has 4 rings (SSSR count). The molecule has 0 saturated carbocycles. The summed E-state index contributed by atoms with van der Waals surface area (Å²) in [6.07, 6.45) is 3.03. The molecule has 1 N–H and O–H groups in total. The summed E-state index contributed by atoms with van der Waals surface area (Å²) in [7, 11) is 0. The van der Waals surface area contributed by atoms with Crippen LogP contribution in [0.3, 0.4) is 0 Å². The summed E-state index contributed by atoms with van der Waals surface area (Å²) in [6.45, 7) is -0.0793. The molecule has 128 valence electrons. The van der Waals surface area contributed by atoms with Gasteiger partial charge < -0.3 is 10.1 Å². The van der Waals surface area contributed by atoms with E-state index in [1.165, 1.54) is 6.33 Å². The van der Waals surface area contributed by atoms with Crippen LogP contribution in [0, 0.1) is 0 Å². The lowest BCUT2D eigenvalue weighted by Gasteiger charge is -2.11. The molecule has 26 heavy (non-hydrogen) atoms. The van der Waals surface area contributed by atoms with Crippen molar-refractivity contribution in [1.29, 1.82) is 0 Å². The summed E-state index contributed by atoms with van der Waals surface area (Å²) < 4.78 is 7.23. The van der Waals surface area contributed by atoms with Crippen LogP contribution >= 0.6 is 0 Å². The molecule has 0 spiro atoms. The molecule has 0 saturated heterocycles. The van der Waals surface area contributed by atoms with Crippen LogP contribution < -0.4 is 10.1 Å². The lowest BCUT2D eigenvalue weighted by molar-refractivity contribution is -0.118. The predicted molar refractivity (Wildman–Crippen MR) is 99.4 cm³/mol. The predicted octanol–water partition coefficient (Wildman–Crippen LogP) is 3.44. The van der Waals surface area contributed by atoms with Gasteiger partial charge in [0.2, 0.25) is 0 Å². The fourth-order valence-electron chi connectivity index (χ4n) is 2.70. The highest BCUT2D eigenvalue weighted by Crippen LogP contribution is 2.21. The van der Waals surface area contributed by atoms with Crippen molar-refractivity contribution in [3.8, 4) is 11.4 Å². The van der Waals surface area contributed by atoms with Gasteiger partial charge in [0, 0.05) is 0 Å². The Morgan fingerprint density at radius 1 is 1.00 bits per heavy atom. The van der Waals surface area contributed by atoms with E-state index in [4.69, 9.17) is 4.74 Å². The third-order valence-corrected chi connectivity index (χ3v) is 3.93. The number of benzene rings is 3. The molecule has 0 bridgehead atoms. The lowest BCUT2D eigenvalue weighted by atomic mass is 10.1. The topological polar surface area (TPSA) is 69.0 Å². The number of ether oxygens (including phenoxy) is 1. The number of hydrogen-bond acceptors (Lipinski definition) is 4. The van der Waals surface area contributed by atoms with Gasteiger partial charge >= 0.3 is 0 Å². The first kappa shape index (κ1) is 15.8. The number of aromatic nitrogens is 3. The third-order valence-electron chi connectivity index (χ3n) is 3.93. The molecule has 3 aromatic carbocycles. The Hall–Kier alpha value is -3.67. The summed E-state index contributed by atoms with van der Waals surface area (Å²) >= 11 is 0. The standard InChI is InChI=1S/C20H16N4O2/c25-20(12-26-17-10-9-15-5-1-2-6-16(15)11-17)23-18-7-3-4-8-19(18)24-14-21-13-22-24/h1-11,13-14H,12H2,(H,23,25). The molecule has 0 aliphatic carbocycles. The number of nitrogens with one attached hydrogen (secondary N) is 1. The third kappa shape index (κ3) is 3.39. The molecule has 0 aliphatic rings. The van der Waals surface area contributed by atoms with Crippen molar-refractivity contribution < 1.29 is 9.53 Å². The van der Waals surface area contributed by atoms with Gasteiger partial charge in [-0.2, -0.15) is 5.10 Å². The van der Waals surface area contributed by atoms with Crippen LogP contribution in [0.2, 0.25) is 0 Å². The monoisotopic (exact) mass is 344 g/mol. The number of para-hydroxylation sites is 2. The average Bonchev–Trinajstić information content (AvgIpc) is 3.21. The van der Waals surface area contributed by atoms with Crippen molar-refractivity contribution >= 4 is 22.4 Å². The Morgan fingerprint density at radius 2 is 1.81 bits per heavy atom. The normalized spacial score (nSPS) is 10.6. The van der Waals surface area contributed by atoms with Crippen LogP contribution in [-0.2, 0) is 4.79 Å². The number of carbonyl (C=O) groups is 1. The first-order chi connectivity index (χ1) is 12.8. The molecular formula is C20H16N4O2. The Bertz CT molecular complexity index is 1040. The van der Waals surface area contributed by atoms with E-state index in [-0.39, 0.29) is 12.5 Å². The van der Waals surface area contributed by atoms with Gasteiger partial charge in [-0.1, -0.05) is 42.5 Å². The maximum Gasteiger partial charge on any atom is 0.262 e. The Labute approximate surface area is 150 Å². The molecule has 4 aromatic rings. The van der Waals surface area contributed by atoms with E-state index >= 15 is 0 Å². The fraction of sp³-hybridized carbons (Fsp3) is 0.0500. The smallest absolute Gasteiger partial charge is 0.262 e. The zero-order valence-electron chi connectivity index (χ0n) is 13.9. The van der Waals surface area contributed by atoms with Crippen molar-refractivity contribution in [2.24, 2.45) is 0 Å². The molecule has 1 heterocycles. The summed E-state index contributed by atoms with van der Waals surface area (Å²) in [6, 6.07) is 21.2. The van der Waals surface area contributed by atoms with E-state index in [0.29, 0.717) is 11.4 Å². The van der Waals surface area contributed by atoms with Crippen LogP contribution in [-0.4, -0.2) is 27.3 Å². The first-order valence-electron chi connectivity index (χ1n) is 8.15. The highest BCUT2D eigenvalue weighted by molar-refractivity contribution is 5.94. The van der Waals surface area contributed by atoms with Gasteiger partial charge in [-0.05, 0) is 35.0 Å². The molecule has 6 nitrogen and oxygen atoms in total. The lowest BCUT2D eigenvalue weighted by Crippen LogP contribution is -2.21. The fourth-order valence-corrected chi connectivity index (χ4v) is 2.70. The van der Waals surface area contributed by atoms with Gasteiger partial charge in [0.25, 0.3) is 5.91 Å². The largest absolute Gasteiger partial charge is 0.484 e. The molecule has 0 atom stereocenters. The Morgan fingerprint density at radius 3 is 2.65 bits per heavy atom. The summed E-state index contributed by atoms with van der Waals surface area (Å²) in [4.78, 5) is 16.2. The minimum absolute atomic E-state index is 0.0793. The van der Waals surface area contributed by atoms with E-state index in [2.05, 4.69) is 15.4 Å². The van der Waals surface area contributed by atoms with Gasteiger partial charge in [-0.15, -0.1) is 0 Å². The number of fused-ring (bicyclic) bond motifs is 1. The Balaban J connectivity index is 1.44. The van der Waals surface area contributed by atoms with Gasteiger partial charge in [0.1, 0.15) is 18.4 Å². The molecule has 0 aliphatic heterocycles. The van der Waals surface area contributed by atoms with Gasteiger partial charge in [0.05, 0.1) is 11.4 Å². The van der Waals surface area contributed by atoms with Crippen LogP contribution in [0.1, 0.15) is 0 Å². The van der Waals surface area contributed by atoms with Crippen LogP contribution in [0.15, 0.2) is 79.4 Å². The second-order valence-corrected chi connectivity index (χ2v) is 5.70. The maximum atomic E-state index is 12.3. The van der Waals surface area contributed by atoms with Gasteiger partial charge in [0.15, 0.2) is 6.61 Å². The zero-order chi connectivity index (χ0) is 17.8. The summed E-state index contributed by atoms with van der Waals surface area (Å²) in [5.74, 6) is 0.411. The molecule has 6 heteroatoms. The molecule has 1 amide bonds. The first-order valence-corrected chi connectivity index (χ1v) is 8.15. The van der Waals surface area contributed by atoms with Crippen molar-refractivity contribution in [3.05, 3.63) is 79.4 Å². The van der Waals surface area contributed by atoms with Gasteiger partial charge in [-0.3, -0.25) is 4.79 Å². The molecule has 0 radical (unpaired) electrons. The number of amides is 1. The number of rotatable bonds is 5. The second kappa shape index (κ2) is 7.06. The minimum atomic E-state index is -0.245. The summed E-state index contributed by atoms with van der Waals surface area (Å²) in [5, 5.41) is 9.16. The average molecular weight is 344 g/mol. The highest BCUT2D eigenvalue weighted by atomic mass is 16.5. The quantitative estimate of drug-likeness (QED) is 0.602. The van der Waals surface area contributed by atoms with Gasteiger partial charge in [-0.25, -0.2) is 9.67 Å². The van der Waals surface area contributed by atoms with E-state index < -0.39 is 0 Å². The van der Waals surface area contributed by atoms with E-state index in [1.54, 1.807) is 11.0 Å². The van der Waals surface area contributed by atoms with Crippen molar-refractivity contribution in [1.82, 2.24) is 14.8 Å². The SMILES string of the molecule is O=C(COc1ccc2ccccc2c1)Nc1ccccc1-n1cncn1. The maximum absolute atomic E-state index is 12.3. The number of hydrogen-bond donors (Lipinski definition) is 1. The zero-order valence-corrected chi connectivity index (χ0v) is 13.9. The Kier molecular flexibility index (Phi) is 4.30. The molecule has 0 unspecified atom stereocenters. The van der Waals surface area contributed by atoms with Crippen molar-refractivity contribution in [3.63, 3.8) is 0 Å². The van der Waals surface area contributed by atoms with E-state index in [1.807, 2.05) is 66.7 Å².